The molecule has 0 spiro atoms. The van der Waals surface area contributed by atoms with Crippen LogP contribution in [0, 0.1) is 0 Å². The lowest BCUT2D eigenvalue weighted by atomic mass is 9.98. The van der Waals surface area contributed by atoms with Crippen molar-refractivity contribution in [1.29, 1.82) is 0 Å². The van der Waals surface area contributed by atoms with Gasteiger partial charge >= 0.3 is 23.9 Å². The number of carbonyl (C=O) groups is 4. The van der Waals surface area contributed by atoms with Crippen LogP contribution in [-0.4, -0.2) is 89.2 Å². The van der Waals surface area contributed by atoms with E-state index in [9.17, 15) is 34.5 Å². The normalized spacial score (nSPS) is 19.0. The van der Waals surface area contributed by atoms with Gasteiger partial charge in [0.15, 0.2) is 24.6 Å². The summed E-state index contributed by atoms with van der Waals surface area (Å²) in [6.07, 6.45) is 55.1. The number of unbranched alkanes of at least 4 members (excludes halogenated alkanes) is 15. The third kappa shape index (κ3) is 40.3. The predicted octanol–water partition coefficient (Wildman–Crippen LogP) is 14.7. The van der Waals surface area contributed by atoms with E-state index in [0.29, 0.717) is 25.7 Å². The molecule has 75 heavy (non-hydrogen) atoms. The lowest BCUT2D eigenvalue weighted by Crippen LogP contribution is -2.61. The molecule has 0 radical (unpaired) electrons. The van der Waals surface area contributed by atoms with Crippen molar-refractivity contribution in [2.45, 2.75) is 250 Å². The number of aliphatic hydroxyl groups is 2. The first-order valence-corrected chi connectivity index (χ1v) is 28.9. The monoisotopic (exact) mass is 1050 g/mol. The number of carbonyl (C=O) groups excluding carboxylic acids is 3. The van der Waals surface area contributed by atoms with Gasteiger partial charge in [-0.25, -0.2) is 4.79 Å². The topological polar surface area (TPSA) is 175 Å². The summed E-state index contributed by atoms with van der Waals surface area (Å²) in [5.41, 5.74) is 0. The largest absolute Gasteiger partial charge is 0.479 e. The predicted molar refractivity (Wildman–Crippen MR) is 303 cm³/mol. The lowest BCUT2D eigenvalue weighted by Gasteiger charge is -2.40. The van der Waals surface area contributed by atoms with Gasteiger partial charge in [-0.3, -0.25) is 14.4 Å². The molecule has 0 aromatic carbocycles. The Kier molecular flexibility index (Phi) is 45.8. The van der Waals surface area contributed by atoms with E-state index < -0.39 is 67.3 Å². The van der Waals surface area contributed by atoms with Crippen molar-refractivity contribution in [2.24, 2.45) is 0 Å². The van der Waals surface area contributed by atoms with Crippen LogP contribution in [0.3, 0.4) is 0 Å². The maximum atomic E-state index is 13.1. The highest BCUT2D eigenvalue weighted by Gasteiger charge is 2.50. The highest BCUT2D eigenvalue weighted by Crippen LogP contribution is 2.26. The fourth-order valence-electron chi connectivity index (χ4n) is 7.95. The van der Waals surface area contributed by atoms with Crippen LogP contribution in [0.25, 0.3) is 0 Å². The zero-order valence-electron chi connectivity index (χ0n) is 46.5. The third-order valence-electron chi connectivity index (χ3n) is 12.3. The number of hydrogen-bond donors (Lipinski definition) is 3. The Morgan fingerprint density at radius 2 is 0.867 bits per heavy atom. The Balaban J connectivity index is 2.76. The van der Waals surface area contributed by atoms with Gasteiger partial charge in [0, 0.05) is 19.3 Å². The average molecular weight is 1050 g/mol. The minimum absolute atomic E-state index is 0.0184. The maximum absolute atomic E-state index is 13.1. The lowest BCUT2D eigenvalue weighted by molar-refractivity contribution is -0.301. The van der Waals surface area contributed by atoms with Crippen molar-refractivity contribution in [3.05, 3.63) is 109 Å². The molecule has 3 N–H and O–H groups in total. The molecule has 1 rings (SSSR count). The van der Waals surface area contributed by atoms with Crippen LogP contribution < -0.4 is 0 Å². The highest BCUT2D eigenvalue weighted by atomic mass is 16.7. The molecule has 1 aliphatic heterocycles. The van der Waals surface area contributed by atoms with E-state index in [0.717, 1.165) is 109 Å². The molecule has 424 valence electrons. The Labute approximate surface area is 453 Å². The summed E-state index contributed by atoms with van der Waals surface area (Å²) < 4.78 is 28.3. The van der Waals surface area contributed by atoms with Crippen LogP contribution in [-0.2, 0) is 42.9 Å². The molecule has 6 unspecified atom stereocenters. The number of aliphatic carboxylic acids is 1. The number of hydrogen-bond acceptors (Lipinski definition) is 11. The molecule has 1 aliphatic rings. The zero-order valence-corrected chi connectivity index (χ0v) is 46.5. The number of carboxylic acids is 1. The van der Waals surface area contributed by atoms with Crippen molar-refractivity contribution in [3.63, 3.8) is 0 Å². The summed E-state index contributed by atoms with van der Waals surface area (Å²) in [6, 6.07) is 0. The van der Waals surface area contributed by atoms with Crippen LogP contribution in [0.5, 0.6) is 0 Å². The van der Waals surface area contributed by atoms with Crippen LogP contribution in [0.15, 0.2) is 109 Å². The van der Waals surface area contributed by atoms with Gasteiger partial charge in [-0.15, -0.1) is 0 Å². The molecular weight excluding hydrogens is 949 g/mol. The molecule has 1 saturated heterocycles. The van der Waals surface area contributed by atoms with Crippen LogP contribution in [0.4, 0.5) is 0 Å². The summed E-state index contributed by atoms with van der Waals surface area (Å²) >= 11 is 0. The quantitative estimate of drug-likeness (QED) is 0.0228. The number of rotatable bonds is 47. The number of carboxylic acid groups (broad SMARTS) is 1. The maximum Gasteiger partial charge on any atom is 0.335 e. The van der Waals surface area contributed by atoms with Gasteiger partial charge < -0.3 is 39.0 Å². The highest BCUT2D eigenvalue weighted by molar-refractivity contribution is 5.74. The molecule has 6 atom stereocenters. The van der Waals surface area contributed by atoms with Gasteiger partial charge in [0.05, 0.1) is 6.61 Å². The molecular formula is C63H100O12. The second-order valence-electron chi connectivity index (χ2n) is 19.2. The molecule has 0 aromatic rings. The van der Waals surface area contributed by atoms with Crippen molar-refractivity contribution >= 4 is 23.9 Å². The zero-order chi connectivity index (χ0) is 54.7. The van der Waals surface area contributed by atoms with Crippen LogP contribution in [0.1, 0.15) is 213 Å². The van der Waals surface area contributed by atoms with Crippen LogP contribution in [0.2, 0.25) is 0 Å². The molecule has 0 aliphatic carbocycles. The summed E-state index contributed by atoms with van der Waals surface area (Å²) in [7, 11) is 0. The van der Waals surface area contributed by atoms with Gasteiger partial charge in [-0.2, -0.15) is 0 Å². The first-order chi connectivity index (χ1) is 36.6. The van der Waals surface area contributed by atoms with Gasteiger partial charge in [0.25, 0.3) is 0 Å². The van der Waals surface area contributed by atoms with Crippen molar-refractivity contribution < 1.29 is 58.2 Å². The number of allylic oxidation sites excluding steroid dienone is 18. The minimum atomic E-state index is -1.93. The Morgan fingerprint density at radius 1 is 0.453 bits per heavy atom. The molecule has 12 nitrogen and oxygen atoms in total. The number of esters is 3. The summed E-state index contributed by atoms with van der Waals surface area (Å²) in [5.74, 6) is -3.29. The Hall–Kier alpha value is -4.62. The smallest absolute Gasteiger partial charge is 0.335 e. The van der Waals surface area contributed by atoms with Crippen LogP contribution >= 0.6 is 0 Å². The molecule has 12 heteroatoms. The van der Waals surface area contributed by atoms with Crippen molar-refractivity contribution in [2.75, 3.05) is 13.2 Å². The van der Waals surface area contributed by atoms with E-state index in [1.54, 1.807) is 0 Å². The first kappa shape index (κ1) is 68.4. The number of aliphatic hydroxyl groups excluding tert-OH is 2. The van der Waals surface area contributed by atoms with E-state index in [-0.39, 0.29) is 25.9 Å². The van der Waals surface area contributed by atoms with Gasteiger partial charge in [-0.05, 0) is 109 Å². The molecule has 0 bridgehead atoms. The van der Waals surface area contributed by atoms with E-state index in [2.05, 4.69) is 118 Å². The van der Waals surface area contributed by atoms with Crippen molar-refractivity contribution in [1.82, 2.24) is 0 Å². The molecule has 0 saturated carbocycles. The Morgan fingerprint density at radius 3 is 1.35 bits per heavy atom. The summed E-state index contributed by atoms with van der Waals surface area (Å²) in [6.45, 7) is 5.66. The van der Waals surface area contributed by atoms with Gasteiger partial charge in [0.2, 0.25) is 0 Å². The molecule has 0 aromatic heterocycles. The second-order valence-corrected chi connectivity index (χ2v) is 19.2. The summed E-state index contributed by atoms with van der Waals surface area (Å²) in [4.78, 5) is 51.0. The third-order valence-corrected chi connectivity index (χ3v) is 12.3. The first-order valence-electron chi connectivity index (χ1n) is 28.9. The van der Waals surface area contributed by atoms with E-state index in [1.807, 2.05) is 12.2 Å². The Bertz CT molecular complexity index is 1720. The molecule has 0 amide bonds. The SMILES string of the molecule is CC/C=C\C/C=C\C/C=C\C/C=C\CCCCCCC(=O)OC1C(OCC(COC(=O)CCCCCCC/C=C\CCCCCCCC)OC(=O)CC/C=C\C/C=C\C/C=C\C/C=C\CC)OC(C(=O)O)C(O)C1O. The van der Waals surface area contributed by atoms with E-state index >= 15 is 0 Å². The fraction of sp³-hybridized carbons (Fsp3) is 0.651. The molecule has 1 heterocycles. The second kappa shape index (κ2) is 50.2. The van der Waals surface area contributed by atoms with Crippen molar-refractivity contribution in [3.8, 4) is 0 Å². The van der Waals surface area contributed by atoms with E-state index in [4.69, 9.17) is 23.7 Å². The standard InChI is InChI=1S/C63H100O12/c1-4-7-10-13-16-19-22-25-27-28-30-33-36-39-42-45-48-51-57(66)74-61-59(68)58(67)60(62(69)70)75-63(61)72-53-54(73-56(65)50-47-44-41-38-35-31-24-21-18-15-12-9-6-3)52-71-55(64)49-46-43-40-37-34-32-29-26-23-20-17-14-11-8-5-2/h7,9-10,12,16,18-19,21,25-27,29-31,33,35,41,44,54,58-61,63,67-68H,4-6,8,11,13-15,17,20,22-24,28,32,34,36-40,42-43,45-53H2,1-3H3,(H,69,70)/b10-7-,12-9-,19-16-,21-18-,27-25-,29-26-,33-30-,35-31-,44-41-. The van der Waals surface area contributed by atoms with Gasteiger partial charge in [-0.1, -0.05) is 194 Å². The summed E-state index contributed by atoms with van der Waals surface area (Å²) in [5, 5.41) is 31.4. The van der Waals surface area contributed by atoms with E-state index in [1.165, 1.54) is 38.5 Å². The average Bonchev–Trinajstić information content (AvgIpc) is 3.39. The number of ether oxygens (including phenoxy) is 5. The molecule has 1 fully saturated rings. The van der Waals surface area contributed by atoms with Gasteiger partial charge in [0.1, 0.15) is 18.8 Å². The minimum Gasteiger partial charge on any atom is -0.479 e. The fourth-order valence-corrected chi connectivity index (χ4v) is 7.95.